The van der Waals surface area contributed by atoms with Crippen LogP contribution in [0.5, 0.6) is 0 Å². The van der Waals surface area contributed by atoms with Crippen LogP contribution in [0.2, 0.25) is 0 Å². The first kappa shape index (κ1) is 19.5. The molecule has 25 heavy (non-hydrogen) atoms. The van der Waals surface area contributed by atoms with Crippen molar-refractivity contribution in [1.82, 2.24) is 9.62 Å². The van der Waals surface area contributed by atoms with Crippen LogP contribution in [-0.2, 0) is 14.8 Å². The lowest BCUT2D eigenvalue weighted by Crippen LogP contribution is -2.51. The number of sulfonamides is 1. The summed E-state index contributed by atoms with van der Waals surface area (Å²) < 4.78 is 26.7. The molecule has 0 atom stereocenters. The van der Waals surface area contributed by atoms with Crippen LogP contribution in [-0.4, -0.2) is 37.3 Å². The lowest BCUT2D eigenvalue weighted by molar-refractivity contribution is -0.127. The fourth-order valence-electron chi connectivity index (χ4n) is 3.10. The van der Waals surface area contributed by atoms with E-state index in [2.05, 4.69) is 11.2 Å². The standard InChI is InChI=1S/C19H26N2O3S/c1-4-19(5-2,6-3)20-18(22)16-12-14-21(15-13-16)25(23,24)17-10-8-7-9-11-17/h1,7-11,16H,5-6,12-15H2,2-3H3,(H,20,22). The third-order valence-electron chi connectivity index (χ3n) is 5.05. The molecule has 5 nitrogen and oxygen atoms in total. The average Bonchev–Trinajstić information content (AvgIpc) is 2.67. The zero-order chi connectivity index (χ0) is 18.5. The minimum absolute atomic E-state index is 0.0709. The van der Waals surface area contributed by atoms with E-state index in [-0.39, 0.29) is 11.8 Å². The van der Waals surface area contributed by atoms with Crippen molar-refractivity contribution < 1.29 is 13.2 Å². The van der Waals surface area contributed by atoms with Gasteiger partial charge in [0, 0.05) is 19.0 Å². The fourth-order valence-corrected chi connectivity index (χ4v) is 4.60. The molecule has 0 aliphatic carbocycles. The number of piperidine rings is 1. The molecule has 1 aromatic carbocycles. The molecule has 1 aliphatic rings. The predicted molar refractivity (Wildman–Crippen MR) is 98.2 cm³/mol. The van der Waals surface area contributed by atoms with Crippen LogP contribution in [0.1, 0.15) is 39.5 Å². The second-order valence-electron chi connectivity index (χ2n) is 6.41. The third-order valence-corrected chi connectivity index (χ3v) is 6.96. The molecule has 2 rings (SSSR count). The maximum Gasteiger partial charge on any atom is 0.243 e. The molecule has 1 aliphatic heterocycles. The van der Waals surface area contributed by atoms with Gasteiger partial charge in [0.2, 0.25) is 15.9 Å². The van der Waals surface area contributed by atoms with E-state index < -0.39 is 15.6 Å². The number of benzene rings is 1. The maximum atomic E-state index is 12.6. The Kier molecular flexibility index (Phi) is 6.26. The Morgan fingerprint density at radius 1 is 1.24 bits per heavy atom. The van der Waals surface area contributed by atoms with Gasteiger partial charge in [-0.3, -0.25) is 4.79 Å². The van der Waals surface area contributed by atoms with Gasteiger partial charge in [-0.15, -0.1) is 6.42 Å². The molecule has 0 spiro atoms. The molecule has 1 N–H and O–H groups in total. The van der Waals surface area contributed by atoms with Crippen LogP contribution < -0.4 is 5.32 Å². The number of rotatable bonds is 6. The van der Waals surface area contributed by atoms with Gasteiger partial charge in [-0.05, 0) is 37.8 Å². The summed E-state index contributed by atoms with van der Waals surface area (Å²) in [7, 11) is -3.49. The highest BCUT2D eigenvalue weighted by atomic mass is 32.2. The summed E-state index contributed by atoms with van der Waals surface area (Å²) in [4.78, 5) is 12.8. The van der Waals surface area contributed by atoms with Crippen LogP contribution >= 0.6 is 0 Å². The van der Waals surface area contributed by atoms with Gasteiger partial charge in [-0.25, -0.2) is 8.42 Å². The van der Waals surface area contributed by atoms with E-state index in [0.29, 0.717) is 43.7 Å². The zero-order valence-electron chi connectivity index (χ0n) is 14.9. The first-order chi connectivity index (χ1) is 11.9. The number of terminal acetylenes is 1. The first-order valence-corrected chi connectivity index (χ1v) is 10.2. The Hall–Kier alpha value is -1.84. The highest BCUT2D eigenvalue weighted by Gasteiger charge is 2.34. The molecule has 0 radical (unpaired) electrons. The van der Waals surface area contributed by atoms with Crippen LogP contribution in [0.4, 0.5) is 0 Å². The van der Waals surface area contributed by atoms with Gasteiger partial charge in [0.1, 0.15) is 5.54 Å². The summed E-state index contributed by atoms with van der Waals surface area (Å²) in [5, 5.41) is 2.99. The van der Waals surface area contributed by atoms with E-state index in [1.54, 1.807) is 30.3 Å². The van der Waals surface area contributed by atoms with Gasteiger partial charge < -0.3 is 5.32 Å². The number of carbonyl (C=O) groups excluding carboxylic acids is 1. The van der Waals surface area contributed by atoms with Crippen molar-refractivity contribution in [2.75, 3.05) is 13.1 Å². The Balaban J connectivity index is 2.00. The quantitative estimate of drug-likeness (QED) is 0.790. The van der Waals surface area contributed by atoms with Gasteiger partial charge >= 0.3 is 0 Å². The molecule has 1 aromatic rings. The van der Waals surface area contributed by atoms with Crippen molar-refractivity contribution in [2.24, 2.45) is 5.92 Å². The largest absolute Gasteiger partial charge is 0.340 e. The monoisotopic (exact) mass is 362 g/mol. The van der Waals surface area contributed by atoms with E-state index in [1.165, 1.54) is 4.31 Å². The lowest BCUT2D eigenvalue weighted by atomic mass is 9.90. The van der Waals surface area contributed by atoms with Gasteiger partial charge in [0.25, 0.3) is 0 Å². The Bertz CT molecular complexity index is 726. The molecule has 1 amide bonds. The molecule has 1 heterocycles. The van der Waals surface area contributed by atoms with E-state index in [9.17, 15) is 13.2 Å². The molecule has 0 unspecified atom stereocenters. The van der Waals surface area contributed by atoms with Crippen molar-refractivity contribution in [3.05, 3.63) is 30.3 Å². The smallest absolute Gasteiger partial charge is 0.243 e. The molecular formula is C19H26N2O3S. The third kappa shape index (κ3) is 4.23. The normalized spacial score (nSPS) is 17.0. The zero-order valence-corrected chi connectivity index (χ0v) is 15.7. The number of nitrogens with one attached hydrogen (secondary N) is 1. The molecule has 136 valence electrons. The Labute approximate surface area is 150 Å². The Morgan fingerprint density at radius 2 is 1.80 bits per heavy atom. The van der Waals surface area contributed by atoms with E-state index in [0.717, 1.165) is 0 Å². The van der Waals surface area contributed by atoms with Crippen LogP contribution in [0.25, 0.3) is 0 Å². The summed E-state index contributed by atoms with van der Waals surface area (Å²) in [6.07, 6.45) is 7.96. The minimum Gasteiger partial charge on any atom is -0.340 e. The second-order valence-corrected chi connectivity index (χ2v) is 8.35. The molecule has 0 aromatic heterocycles. The summed E-state index contributed by atoms with van der Waals surface area (Å²) in [6.45, 7) is 4.60. The van der Waals surface area contributed by atoms with Crippen molar-refractivity contribution >= 4 is 15.9 Å². The van der Waals surface area contributed by atoms with Crippen molar-refractivity contribution in [3.8, 4) is 12.3 Å². The van der Waals surface area contributed by atoms with E-state index in [1.807, 2.05) is 13.8 Å². The average molecular weight is 362 g/mol. The summed E-state index contributed by atoms with van der Waals surface area (Å²) >= 11 is 0. The van der Waals surface area contributed by atoms with E-state index in [4.69, 9.17) is 6.42 Å². The molecule has 1 fully saturated rings. The topological polar surface area (TPSA) is 66.5 Å². The summed E-state index contributed by atoms with van der Waals surface area (Å²) in [5.41, 5.74) is -0.607. The number of hydrogen-bond donors (Lipinski definition) is 1. The van der Waals surface area contributed by atoms with Crippen molar-refractivity contribution in [3.63, 3.8) is 0 Å². The van der Waals surface area contributed by atoms with Crippen molar-refractivity contribution in [1.29, 1.82) is 0 Å². The highest BCUT2D eigenvalue weighted by molar-refractivity contribution is 7.89. The van der Waals surface area contributed by atoms with Crippen LogP contribution in [0.3, 0.4) is 0 Å². The van der Waals surface area contributed by atoms with Crippen molar-refractivity contribution in [2.45, 2.75) is 50.0 Å². The molecule has 0 bridgehead atoms. The second kappa shape index (κ2) is 8.03. The van der Waals surface area contributed by atoms with Gasteiger partial charge in [0.05, 0.1) is 4.90 Å². The molecule has 0 saturated carbocycles. The minimum atomic E-state index is -3.49. The van der Waals surface area contributed by atoms with Gasteiger partial charge in [0.15, 0.2) is 0 Å². The summed E-state index contributed by atoms with van der Waals surface area (Å²) in [6, 6.07) is 8.40. The Morgan fingerprint density at radius 3 is 2.28 bits per heavy atom. The van der Waals surface area contributed by atoms with Crippen LogP contribution in [0, 0.1) is 18.3 Å². The number of amides is 1. The van der Waals surface area contributed by atoms with Gasteiger partial charge in [-0.1, -0.05) is 38.0 Å². The SMILES string of the molecule is C#CC(CC)(CC)NC(=O)C1CCN(S(=O)(=O)c2ccccc2)CC1. The molecule has 6 heteroatoms. The number of nitrogens with zero attached hydrogens (tertiary/aromatic N) is 1. The maximum absolute atomic E-state index is 12.6. The predicted octanol–water partition coefficient (Wildman–Crippen LogP) is 2.40. The van der Waals surface area contributed by atoms with Crippen LogP contribution in [0.15, 0.2) is 35.2 Å². The number of hydrogen-bond acceptors (Lipinski definition) is 3. The first-order valence-electron chi connectivity index (χ1n) is 8.73. The fraction of sp³-hybridized carbons (Fsp3) is 0.526. The lowest BCUT2D eigenvalue weighted by Gasteiger charge is -2.33. The molecule has 1 saturated heterocycles. The summed E-state index contributed by atoms with van der Waals surface area (Å²) in [5.74, 6) is 2.43. The van der Waals surface area contributed by atoms with Gasteiger partial charge in [-0.2, -0.15) is 4.31 Å². The molecular weight excluding hydrogens is 336 g/mol. The number of carbonyl (C=O) groups is 1. The van der Waals surface area contributed by atoms with E-state index >= 15 is 0 Å². The highest BCUT2D eigenvalue weighted by Crippen LogP contribution is 2.25.